The lowest BCUT2D eigenvalue weighted by Gasteiger charge is -2.09. The first-order valence-electron chi connectivity index (χ1n) is 7.83. The summed E-state index contributed by atoms with van der Waals surface area (Å²) in [5, 5.41) is 8.00. The summed E-state index contributed by atoms with van der Waals surface area (Å²) in [5.74, 6) is -0.585. The highest BCUT2D eigenvalue weighted by Crippen LogP contribution is 2.27. The fraction of sp³-hybridized carbons (Fsp3) is 0.235. The molecule has 1 aliphatic carbocycles. The van der Waals surface area contributed by atoms with Gasteiger partial charge in [0.05, 0.1) is 5.56 Å². The summed E-state index contributed by atoms with van der Waals surface area (Å²) in [4.78, 5) is 26.9. The van der Waals surface area contributed by atoms with Crippen molar-refractivity contribution in [2.75, 3.05) is 10.6 Å². The molecular formula is C17H15F3N4O2. The molecule has 2 aromatic rings. The van der Waals surface area contributed by atoms with E-state index in [2.05, 4.69) is 20.9 Å². The standard InChI is InChI=1S/C17H15F3N4O2/c18-17(19,20)14-8-1-10(9-21-14)15(25)22-11-2-4-12(5-3-11)23-16(26)24-13-6-7-13/h1-5,8-9,13H,6-7H2,(H,22,25)(H2,23,24,26). The zero-order valence-corrected chi connectivity index (χ0v) is 13.4. The van der Waals surface area contributed by atoms with E-state index in [4.69, 9.17) is 0 Å². The molecule has 0 bridgehead atoms. The molecule has 9 heteroatoms. The predicted octanol–water partition coefficient (Wildman–Crippen LogP) is 3.64. The smallest absolute Gasteiger partial charge is 0.335 e. The molecule has 1 saturated carbocycles. The number of urea groups is 1. The van der Waals surface area contributed by atoms with Gasteiger partial charge in [-0.2, -0.15) is 13.2 Å². The van der Waals surface area contributed by atoms with E-state index in [-0.39, 0.29) is 17.6 Å². The molecule has 0 radical (unpaired) electrons. The maximum Gasteiger partial charge on any atom is 0.433 e. The van der Waals surface area contributed by atoms with Gasteiger partial charge in [0.2, 0.25) is 0 Å². The third kappa shape index (κ3) is 4.71. The molecule has 1 fully saturated rings. The number of alkyl halides is 3. The van der Waals surface area contributed by atoms with Gasteiger partial charge in [-0.05, 0) is 49.2 Å². The number of halogens is 3. The van der Waals surface area contributed by atoms with E-state index in [0.717, 1.165) is 31.2 Å². The fourth-order valence-corrected chi connectivity index (χ4v) is 2.12. The van der Waals surface area contributed by atoms with Crippen LogP contribution in [-0.2, 0) is 6.18 Å². The maximum absolute atomic E-state index is 12.5. The van der Waals surface area contributed by atoms with Crippen molar-refractivity contribution in [3.63, 3.8) is 0 Å². The summed E-state index contributed by atoms with van der Waals surface area (Å²) < 4.78 is 37.4. The second-order valence-corrected chi connectivity index (χ2v) is 5.83. The van der Waals surface area contributed by atoms with Crippen LogP contribution >= 0.6 is 0 Å². The number of benzene rings is 1. The third-order valence-electron chi connectivity index (χ3n) is 3.63. The minimum Gasteiger partial charge on any atom is -0.335 e. The highest BCUT2D eigenvalue weighted by Gasteiger charge is 2.32. The molecule has 0 unspecified atom stereocenters. The Kier molecular flexibility index (Phi) is 4.79. The molecule has 0 spiro atoms. The second-order valence-electron chi connectivity index (χ2n) is 5.83. The van der Waals surface area contributed by atoms with Gasteiger partial charge < -0.3 is 16.0 Å². The molecule has 1 aliphatic rings. The van der Waals surface area contributed by atoms with Crippen LogP contribution in [0.3, 0.4) is 0 Å². The number of nitrogens with one attached hydrogen (secondary N) is 3. The van der Waals surface area contributed by atoms with Crippen molar-refractivity contribution in [3.05, 3.63) is 53.9 Å². The van der Waals surface area contributed by atoms with Gasteiger partial charge in [-0.15, -0.1) is 0 Å². The second kappa shape index (κ2) is 7.03. The molecule has 0 saturated heterocycles. The number of carbonyl (C=O) groups is 2. The highest BCUT2D eigenvalue weighted by molar-refractivity contribution is 6.04. The van der Waals surface area contributed by atoms with Crippen LogP contribution in [-0.4, -0.2) is 23.0 Å². The van der Waals surface area contributed by atoms with Gasteiger partial charge >= 0.3 is 12.2 Å². The van der Waals surface area contributed by atoms with Crippen molar-refractivity contribution >= 4 is 23.3 Å². The predicted molar refractivity (Wildman–Crippen MR) is 88.8 cm³/mol. The van der Waals surface area contributed by atoms with Crippen molar-refractivity contribution in [3.8, 4) is 0 Å². The van der Waals surface area contributed by atoms with E-state index < -0.39 is 17.8 Å². The average Bonchev–Trinajstić information content (AvgIpc) is 3.40. The summed E-state index contributed by atoms with van der Waals surface area (Å²) in [6, 6.07) is 8.11. The van der Waals surface area contributed by atoms with Crippen LogP contribution in [0.1, 0.15) is 28.9 Å². The molecule has 3 N–H and O–H groups in total. The number of pyridine rings is 1. The molecule has 3 amide bonds. The minimum atomic E-state index is -4.55. The summed E-state index contributed by atoms with van der Waals surface area (Å²) in [7, 11) is 0. The van der Waals surface area contributed by atoms with Crippen LogP contribution in [0.15, 0.2) is 42.6 Å². The Morgan fingerprint density at radius 3 is 2.08 bits per heavy atom. The van der Waals surface area contributed by atoms with Crippen molar-refractivity contribution in [1.82, 2.24) is 10.3 Å². The zero-order chi connectivity index (χ0) is 18.7. The van der Waals surface area contributed by atoms with Crippen LogP contribution in [0.4, 0.5) is 29.3 Å². The first-order valence-corrected chi connectivity index (χ1v) is 7.83. The number of rotatable bonds is 4. The number of hydrogen-bond donors (Lipinski definition) is 3. The quantitative estimate of drug-likeness (QED) is 0.775. The first-order chi connectivity index (χ1) is 12.3. The molecule has 1 aromatic heterocycles. The maximum atomic E-state index is 12.5. The van der Waals surface area contributed by atoms with Gasteiger partial charge in [-0.3, -0.25) is 9.78 Å². The Labute approximate surface area is 146 Å². The van der Waals surface area contributed by atoms with E-state index in [0.29, 0.717) is 11.4 Å². The average molecular weight is 364 g/mol. The molecule has 1 aromatic carbocycles. The number of hydrogen-bond acceptors (Lipinski definition) is 3. The van der Waals surface area contributed by atoms with E-state index in [1.807, 2.05) is 0 Å². The lowest BCUT2D eigenvalue weighted by atomic mass is 10.2. The van der Waals surface area contributed by atoms with Gasteiger partial charge in [-0.1, -0.05) is 0 Å². The minimum absolute atomic E-state index is 0.00372. The van der Waals surface area contributed by atoms with Crippen LogP contribution in [0.2, 0.25) is 0 Å². The number of amides is 3. The van der Waals surface area contributed by atoms with E-state index in [9.17, 15) is 22.8 Å². The zero-order valence-electron chi connectivity index (χ0n) is 13.4. The van der Waals surface area contributed by atoms with Gasteiger partial charge in [0.1, 0.15) is 5.69 Å². The Bertz CT molecular complexity index is 800. The largest absolute Gasteiger partial charge is 0.433 e. The molecule has 0 atom stereocenters. The Morgan fingerprint density at radius 2 is 1.58 bits per heavy atom. The highest BCUT2D eigenvalue weighted by atomic mass is 19.4. The molecule has 0 aliphatic heterocycles. The number of anilines is 2. The topological polar surface area (TPSA) is 83.1 Å². The van der Waals surface area contributed by atoms with E-state index in [1.165, 1.54) is 0 Å². The summed E-state index contributed by atoms with van der Waals surface area (Å²) in [5.41, 5.74) is -0.0710. The number of carbonyl (C=O) groups excluding carboxylic acids is 2. The van der Waals surface area contributed by atoms with Crippen molar-refractivity contribution in [2.45, 2.75) is 25.1 Å². The van der Waals surface area contributed by atoms with Crippen molar-refractivity contribution < 1.29 is 22.8 Å². The van der Waals surface area contributed by atoms with E-state index >= 15 is 0 Å². The first kappa shape index (κ1) is 17.7. The monoisotopic (exact) mass is 364 g/mol. The van der Waals surface area contributed by atoms with E-state index in [1.54, 1.807) is 24.3 Å². The van der Waals surface area contributed by atoms with Crippen LogP contribution in [0.5, 0.6) is 0 Å². The molecule has 3 rings (SSSR count). The number of nitrogens with zero attached hydrogens (tertiary/aromatic N) is 1. The van der Waals surface area contributed by atoms with Crippen molar-refractivity contribution in [2.24, 2.45) is 0 Å². The van der Waals surface area contributed by atoms with Gasteiger partial charge in [0.25, 0.3) is 5.91 Å². The van der Waals surface area contributed by atoms with Crippen LogP contribution in [0.25, 0.3) is 0 Å². The fourth-order valence-electron chi connectivity index (χ4n) is 2.12. The molecule has 26 heavy (non-hydrogen) atoms. The Morgan fingerprint density at radius 1 is 0.962 bits per heavy atom. The summed E-state index contributed by atoms with van der Waals surface area (Å²) in [6.45, 7) is 0. The summed E-state index contributed by atoms with van der Waals surface area (Å²) >= 11 is 0. The molecule has 1 heterocycles. The summed E-state index contributed by atoms with van der Waals surface area (Å²) in [6.07, 6.45) is -1.71. The molecule has 6 nitrogen and oxygen atoms in total. The third-order valence-corrected chi connectivity index (χ3v) is 3.63. The van der Waals surface area contributed by atoms with Crippen LogP contribution < -0.4 is 16.0 Å². The van der Waals surface area contributed by atoms with Gasteiger partial charge in [0.15, 0.2) is 0 Å². The molecular weight excluding hydrogens is 349 g/mol. The lowest BCUT2D eigenvalue weighted by Crippen LogP contribution is -2.30. The number of aromatic nitrogens is 1. The SMILES string of the molecule is O=C(Nc1ccc(NC(=O)c2ccc(C(F)(F)F)nc2)cc1)NC1CC1. The van der Waals surface area contributed by atoms with Crippen LogP contribution in [0, 0.1) is 0 Å². The Hall–Kier alpha value is -3.10. The normalized spacial score (nSPS) is 13.8. The van der Waals surface area contributed by atoms with Gasteiger partial charge in [0, 0.05) is 23.6 Å². The van der Waals surface area contributed by atoms with Gasteiger partial charge in [-0.25, -0.2) is 4.79 Å². The van der Waals surface area contributed by atoms with Crippen molar-refractivity contribution in [1.29, 1.82) is 0 Å². The lowest BCUT2D eigenvalue weighted by molar-refractivity contribution is -0.141. The Balaban J connectivity index is 1.57. The molecule has 136 valence electrons.